The highest BCUT2D eigenvalue weighted by molar-refractivity contribution is 5.79. The van der Waals surface area contributed by atoms with Crippen LogP contribution in [-0.2, 0) is 6.54 Å². The van der Waals surface area contributed by atoms with Gasteiger partial charge in [-0.3, -0.25) is 4.90 Å². The van der Waals surface area contributed by atoms with Crippen LogP contribution in [0.15, 0.2) is 35.3 Å². The summed E-state index contributed by atoms with van der Waals surface area (Å²) in [5.74, 6) is 0.841. The van der Waals surface area contributed by atoms with Crippen LogP contribution in [0.25, 0.3) is 5.69 Å². The van der Waals surface area contributed by atoms with Crippen LogP contribution in [0.1, 0.15) is 30.3 Å². The van der Waals surface area contributed by atoms with E-state index < -0.39 is 12.7 Å². The van der Waals surface area contributed by atoms with Crippen LogP contribution in [0.3, 0.4) is 0 Å². The number of nitrogens with one attached hydrogen (secondary N) is 2. The molecule has 6 nitrogen and oxygen atoms in total. The molecule has 31 heavy (non-hydrogen) atoms. The molecule has 170 valence electrons. The molecule has 0 aliphatic carbocycles. The smallest absolute Gasteiger partial charge is 0.357 e. The van der Waals surface area contributed by atoms with E-state index in [0.29, 0.717) is 38.7 Å². The van der Waals surface area contributed by atoms with Crippen molar-refractivity contribution in [1.29, 1.82) is 0 Å². The van der Waals surface area contributed by atoms with Crippen LogP contribution in [0.4, 0.5) is 13.2 Å². The van der Waals surface area contributed by atoms with Gasteiger partial charge in [0.25, 0.3) is 0 Å². The summed E-state index contributed by atoms with van der Waals surface area (Å²) in [5, 5.41) is 11.1. The number of halogens is 3. The molecule has 0 amide bonds. The number of aromatic nitrogens is 2. The van der Waals surface area contributed by atoms with E-state index in [9.17, 15) is 13.2 Å². The number of para-hydroxylation sites is 1. The van der Waals surface area contributed by atoms with E-state index in [4.69, 9.17) is 4.99 Å². The van der Waals surface area contributed by atoms with Crippen molar-refractivity contribution in [3.8, 4) is 5.69 Å². The number of nitrogens with zero attached hydrogens (tertiary/aromatic N) is 4. The van der Waals surface area contributed by atoms with Crippen molar-refractivity contribution in [2.24, 2.45) is 10.9 Å². The minimum absolute atomic E-state index is 0.174. The summed E-state index contributed by atoms with van der Waals surface area (Å²) in [4.78, 5) is 6.18. The largest absolute Gasteiger partial charge is 0.401 e. The summed E-state index contributed by atoms with van der Waals surface area (Å²) in [6.07, 6.45) is -3.39. The van der Waals surface area contributed by atoms with Crippen molar-refractivity contribution >= 4 is 5.96 Å². The first-order valence-electron chi connectivity index (χ1n) is 10.7. The lowest BCUT2D eigenvalue weighted by Crippen LogP contribution is -2.40. The fourth-order valence-electron chi connectivity index (χ4n) is 3.95. The number of guanidine groups is 1. The monoisotopic (exact) mass is 436 g/mol. The Labute approximate surface area is 181 Å². The van der Waals surface area contributed by atoms with Crippen molar-refractivity contribution in [3.05, 3.63) is 47.3 Å². The SMILES string of the molecule is CCNC(=NCc1ccccc1-n1nc(C)cc1C)NCC1CCN(CC(F)(F)F)C1. The van der Waals surface area contributed by atoms with Gasteiger partial charge in [-0.25, -0.2) is 9.67 Å². The lowest BCUT2D eigenvalue weighted by molar-refractivity contribution is -0.143. The molecule has 2 N–H and O–H groups in total. The van der Waals surface area contributed by atoms with Gasteiger partial charge >= 0.3 is 6.18 Å². The number of likely N-dealkylation sites (tertiary alicyclic amines) is 1. The van der Waals surface area contributed by atoms with Crippen LogP contribution in [0.5, 0.6) is 0 Å². The Kier molecular flexibility index (Phi) is 7.59. The highest BCUT2D eigenvalue weighted by atomic mass is 19.4. The molecule has 1 unspecified atom stereocenters. The second-order valence-corrected chi connectivity index (χ2v) is 8.05. The van der Waals surface area contributed by atoms with E-state index >= 15 is 0 Å². The molecule has 1 atom stereocenters. The summed E-state index contributed by atoms with van der Waals surface area (Å²) in [5.41, 5.74) is 4.06. The Hall–Kier alpha value is -2.55. The first-order chi connectivity index (χ1) is 14.7. The number of hydrogen-bond donors (Lipinski definition) is 2. The minimum atomic E-state index is -4.14. The van der Waals surface area contributed by atoms with Gasteiger partial charge in [-0.15, -0.1) is 0 Å². The molecule has 0 radical (unpaired) electrons. The first kappa shape index (κ1) is 23.1. The number of aliphatic imine (C=N–C) groups is 1. The molecule has 9 heteroatoms. The molecule has 2 heterocycles. The highest BCUT2D eigenvalue weighted by Gasteiger charge is 2.34. The van der Waals surface area contributed by atoms with Crippen molar-refractivity contribution in [2.75, 3.05) is 32.7 Å². The molecule has 0 bridgehead atoms. The Morgan fingerprint density at radius 3 is 2.68 bits per heavy atom. The lowest BCUT2D eigenvalue weighted by Gasteiger charge is -2.19. The topological polar surface area (TPSA) is 57.5 Å². The molecule has 2 aromatic rings. The second kappa shape index (κ2) is 10.2. The summed E-state index contributed by atoms with van der Waals surface area (Å²) < 4.78 is 39.7. The molecule has 1 saturated heterocycles. The minimum Gasteiger partial charge on any atom is -0.357 e. The zero-order chi connectivity index (χ0) is 22.4. The Morgan fingerprint density at radius 1 is 1.23 bits per heavy atom. The number of hydrogen-bond acceptors (Lipinski definition) is 3. The number of alkyl halides is 3. The Bertz CT molecular complexity index is 890. The summed E-state index contributed by atoms with van der Waals surface area (Å²) in [7, 11) is 0. The molecule has 0 spiro atoms. The number of aryl methyl sites for hydroxylation is 2. The zero-order valence-electron chi connectivity index (χ0n) is 18.3. The third kappa shape index (κ3) is 6.72. The number of benzene rings is 1. The Balaban J connectivity index is 1.63. The van der Waals surface area contributed by atoms with E-state index in [-0.39, 0.29) is 5.92 Å². The van der Waals surface area contributed by atoms with Gasteiger partial charge in [-0.1, -0.05) is 18.2 Å². The molecular weight excluding hydrogens is 405 g/mol. The van der Waals surface area contributed by atoms with Gasteiger partial charge in [-0.05, 0) is 57.4 Å². The third-order valence-electron chi connectivity index (χ3n) is 5.31. The summed E-state index contributed by atoms with van der Waals surface area (Å²) in [6.45, 7) is 7.85. The van der Waals surface area contributed by atoms with Gasteiger partial charge in [0.05, 0.1) is 24.5 Å². The maximum atomic E-state index is 12.6. The standard InChI is InChI=1S/C22H31F3N6/c1-4-26-21(27-12-18-9-10-30(14-18)15-22(23,24)25)28-13-19-7-5-6-8-20(19)31-17(3)11-16(2)29-31/h5-8,11,18H,4,9-10,12-15H2,1-3H3,(H2,26,27,28). The van der Waals surface area contributed by atoms with E-state index in [2.05, 4.69) is 15.7 Å². The number of rotatable bonds is 7. The molecule has 1 aliphatic rings. The second-order valence-electron chi connectivity index (χ2n) is 8.05. The summed E-state index contributed by atoms with van der Waals surface area (Å²) in [6, 6.07) is 10.1. The molecule has 1 aliphatic heterocycles. The molecule has 3 rings (SSSR count). The van der Waals surface area contributed by atoms with E-state index in [1.54, 1.807) is 0 Å². The highest BCUT2D eigenvalue weighted by Crippen LogP contribution is 2.22. The average Bonchev–Trinajstić information content (AvgIpc) is 3.28. The van der Waals surface area contributed by atoms with E-state index in [0.717, 1.165) is 29.1 Å². The van der Waals surface area contributed by atoms with Gasteiger partial charge in [0.15, 0.2) is 5.96 Å². The van der Waals surface area contributed by atoms with Crippen molar-refractivity contribution in [1.82, 2.24) is 25.3 Å². The van der Waals surface area contributed by atoms with Gasteiger partial charge in [0, 0.05) is 25.3 Å². The van der Waals surface area contributed by atoms with Crippen molar-refractivity contribution < 1.29 is 13.2 Å². The lowest BCUT2D eigenvalue weighted by atomic mass is 10.1. The fraction of sp³-hybridized carbons (Fsp3) is 0.545. The molecule has 1 fully saturated rings. The maximum Gasteiger partial charge on any atom is 0.401 e. The van der Waals surface area contributed by atoms with Crippen molar-refractivity contribution in [3.63, 3.8) is 0 Å². The van der Waals surface area contributed by atoms with Crippen LogP contribution >= 0.6 is 0 Å². The van der Waals surface area contributed by atoms with Crippen LogP contribution in [-0.4, -0.2) is 59.5 Å². The summed E-state index contributed by atoms with van der Waals surface area (Å²) >= 11 is 0. The molecular formula is C22H31F3N6. The van der Waals surface area contributed by atoms with Gasteiger partial charge in [0.1, 0.15) is 0 Å². The van der Waals surface area contributed by atoms with E-state index in [1.165, 1.54) is 4.90 Å². The maximum absolute atomic E-state index is 12.6. The van der Waals surface area contributed by atoms with E-state index in [1.807, 2.05) is 55.8 Å². The molecule has 1 aromatic carbocycles. The third-order valence-corrected chi connectivity index (χ3v) is 5.31. The molecule has 1 aromatic heterocycles. The average molecular weight is 437 g/mol. The predicted octanol–water partition coefficient (Wildman–Crippen LogP) is 3.43. The van der Waals surface area contributed by atoms with Crippen molar-refractivity contribution in [2.45, 2.75) is 39.9 Å². The first-order valence-corrected chi connectivity index (χ1v) is 10.7. The fourth-order valence-corrected chi connectivity index (χ4v) is 3.95. The predicted molar refractivity (Wildman–Crippen MR) is 116 cm³/mol. The van der Waals surface area contributed by atoms with Crippen LogP contribution < -0.4 is 10.6 Å². The van der Waals surface area contributed by atoms with Gasteiger partial charge in [-0.2, -0.15) is 18.3 Å². The molecule has 0 saturated carbocycles. The van der Waals surface area contributed by atoms with Gasteiger partial charge in [0.2, 0.25) is 0 Å². The van der Waals surface area contributed by atoms with Crippen LogP contribution in [0, 0.1) is 19.8 Å². The quantitative estimate of drug-likeness (QED) is 0.516. The normalized spacial score (nSPS) is 17.9. The van der Waals surface area contributed by atoms with Gasteiger partial charge < -0.3 is 10.6 Å². The van der Waals surface area contributed by atoms with Crippen LogP contribution in [0.2, 0.25) is 0 Å². The Morgan fingerprint density at radius 2 is 2.00 bits per heavy atom. The zero-order valence-corrected chi connectivity index (χ0v) is 18.3.